The summed E-state index contributed by atoms with van der Waals surface area (Å²) in [5.74, 6) is 1.57. The van der Waals surface area contributed by atoms with Gasteiger partial charge in [-0.15, -0.1) is 0 Å². The van der Waals surface area contributed by atoms with E-state index in [4.69, 9.17) is 0 Å². The first-order valence-corrected chi connectivity index (χ1v) is 6.17. The summed E-state index contributed by atoms with van der Waals surface area (Å²) in [5, 5.41) is 7.46. The van der Waals surface area contributed by atoms with Crippen LogP contribution in [0.25, 0.3) is 0 Å². The lowest BCUT2D eigenvalue weighted by Crippen LogP contribution is -2.12. The number of rotatable bonds is 4. The van der Waals surface area contributed by atoms with E-state index in [1.807, 2.05) is 37.0 Å². The average Bonchev–Trinajstić information content (AvgIpc) is 2.63. The van der Waals surface area contributed by atoms with Crippen molar-refractivity contribution in [2.45, 2.75) is 20.4 Å². The van der Waals surface area contributed by atoms with Gasteiger partial charge in [0.05, 0.1) is 12.7 Å². The highest BCUT2D eigenvalue weighted by atomic mass is 79.9. The molecule has 90 valence electrons. The van der Waals surface area contributed by atoms with Crippen molar-refractivity contribution < 1.29 is 0 Å². The fourth-order valence-corrected chi connectivity index (χ4v) is 1.98. The average molecular weight is 296 g/mol. The summed E-state index contributed by atoms with van der Waals surface area (Å²) < 4.78 is 2.70. The lowest BCUT2D eigenvalue weighted by atomic mass is 10.4. The van der Waals surface area contributed by atoms with E-state index in [9.17, 15) is 0 Å². The molecule has 0 aliphatic heterocycles. The van der Waals surface area contributed by atoms with Crippen LogP contribution in [-0.2, 0) is 6.54 Å². The molecule has 0 fully saturated rings. The van der Waals surface area contributed by atoms with E-state index in [0.29, 0.717) is 0 Å². The predicted molar refractivity (Wildman–Crippen MR) is 69.9 cm³/mol. The maximum Gasteiger partial charge on any atom is 0.130 e. The van der Waals surface area contributed by atoms with Crippen LogP contribution in [0.3, 0.4) is 0 Å². The van der Waals surface area contributed by atoms with Crippen LogP contribution < -0.4 is 5.32 Å². The molecule has 2 aromatic heterocycles. The van der Waals surface area contributed by atoms with Crippen LogP contribution in [0.4, 0.5) is 5.82 Å². The SMILES string of the molecule is Cc1cnn(CCNc2cc(Br)nc(C)n2)c1. The first-order chi connectivity index (χ1) is 8.13. The molecule has 0 spiro atoms. The number of aromatic nitrogens is 4. The lowest BCUT2D eigenvalue weighted by Gasteiger charge is -2.06. The highest BCUT2D eigenvalue weighted by Gasteiger charge is 1.99. The van der Waals surface area contributed by atoms with Crippen LogP contribution in [0.15, 0.2) is 23.1 Å². The Kier molecular flexibility index (Phi) is 3.73. The van der Waals surface area contributed by atoms with Gasteiger partial charge in [0.2, 0.25) is 0 Å². The molecule has 0 saturated carbocycles. The molecular weight excluding hydrogens is 282 g/mol. The van der Waals surface area contributed by atoms with Crippen molar-refractivity contribution in [1.29, 1.82) is 0 Å². The third-order valence-electron chi connectivity index (χ3n) is 2.22. The van der Waals surface area contributed by atoms with E-state index in [-0.39, 0.29) is 0 Å². The van der Waals surface area contributed by atoms with Crippen LogP contribution in [-0.4, -0.2) is 26.3 Å². The van der Waals surface area contributed by atoms with Crippen molar-refractivity contribution in [3.8, 4) is 0 Å². The van der Waals surface area contributed by atoms with Crippen molar-refractivity contribution in [2.75, 3.05) is 11.9 Å². The second-order valence-electron chi connectivity index (χ2n) is 3.83. The summed E-state index contributed by atoms with van der Waals surface area (Å²) in [5.41, 5.74) is 1.17. The quantitative estimate of drug-likeness (QED) is 0.879. The van der Waals surface area contributed by atoms with Gasteiger partial charge in [-0.25, -0.2) is 9.97 Å². The van der Waals surface area contributed by atoms with Gasteiger partial charge >= 0.3 is 0 Å². The first-order valence-electron chi connectivity index (χ1n) is 5.37. The molecule has 5 nitrogen and oxygen atoms in total. The van der Waals surface area contributed by atoms with Gasteiger partial charge < -0.3 is 5.32 Å². The first kappa shape index (κ1) is 12.0. The number of hydrogen-bond donors (Lipinski definition) is 1. The highest BCUT2D eigenvalue weighted by Crippen LogP contribution is 2.11. The summed E-state index contributed by atoms with van der Waals surface area (Å²) >= 11 is 3.34. The van der Waals surface area contributed by atoms with Crippen LogP contribution in [0.2, 0.25) is 0 Å². The summed E-state index contributed by atoms with van der Waals surface area (Å²) in [4.78, 5) is 8.44. The molecular formula is C11H14BrN5. The standard InChI is InChI=1S/C11H14BrN5/c1-8-6-14-17(7-8)4-3-13-11-5-10(12)15-9(2)16-11/h5-7H,3-4H2,1-2H3,(H,13,15,16). The van der Waals surface area contributed by atoms with Gasteiger partial charge in [-0.05, 0) is 35.3 Å². The topological polar surface area (TPSA) is 55.6 Å². The predicted octanol–water partition coefficient (Wildman–Crippen LogP) is 2.16. The van der Waals surface area contributed by atoms with Gasteiger partial charge in [-0.1, -0.05) is 0 Å². The van der Waals surface area contributed by atoms with E-state index in [0.717, 1.165) is 29.3 Å². The van der Waals surface area contributed by atoms with Crippen molar-refractivity contribution >= 4 is 21.7 Å². The monoisotopic (exact) mass is 295 g/mol. The van der Waals surface area contributed by atoms with Gasteiger partial charge in [0.25, 0.3) is 0 Å². The molecule has 2 aromatic rings. The summed E-state index contributed by atoms with van der Waals surface area (Å²) in [6.45, 7) is 5.49. The highest BCUT2D eigenvalue weighted by molar-refractivity contribution is 9.10. The Morgan fingerprint density at radius 3 is 2.82 bits per heavy atom. The minimum absolute atomic E-state index is 0.747. The minimum Gasteiger partial charge on any atom is -0.368 e. The number of nitrogens with zero attached hydrogens (tertiary/aromatic N) is 4. The molecule has 2 rings (SSSR count). The van der Waals surface area contributed by atoms with Crippen LogP contribution in [0.5, 0.6) is 0 Å². The number of nitrogens with one attached hydrogen (secondary N) is 1. The van der Waals surface area contributed by atoms with Gasteiger partial charge in [0.1, 0.15) is 16.2 Å². The third-order valence-corrected chi connectivity index (χ3v) is 2.62. The molecule has 0 radical (unpaired) electrons. The van der Waals surface area contributed by atoms with Gasteiger partial charge in [-0.2, -0.15) is 5.10 Å². The summed E-state index contributed by atoms with van der Waals surface area (Å²) in [7, 11) is 0. The van der Waals surface area contributed by atoms with E-state index >= 15 is 0 Å². The largest absolute Gasteiger partial charge is 0.368 e. The zero-order valence-corrected chi connectivity index (χ0v) is 11.4. The Balaban J connectivity index is 1.89. The number of aryl methyl sites for hydroxylation is 2. The van der Waals surface area contributed by atoms with E-state index in [1.54, 1.807) is 0 Å². The van der Waals surface area contributed by atoms with Crippen LogP contribution in [0, 0.1) is 13.8 Å². The smallest absolute Gasteiger partial charge is 0.130 e. The minimum atomic E-state index is 0.747. The number of halogens is 1. The Bertz CT molecular complexity index is 488. The van der Waals surface area contributed by atoms with Crippen molar-refractivity contribution in [3.63, 3.8) is 0 Å². The molecule has 0 aliphatic carbocycles. The molecule has 0 atom stereocenters. The van der Waals surface area contributed by atoms with Crippen molar-refractivity contribution in [1.82, 2.24) is 19.7 Å². The Labute approximate surface area is 108 Å². The number of hydrogen-bond acceptors (Lipinski definition) is 4. The molecule has 6 heteroatoms. The molecule has 0 bridgehead atoms. The van der Waals surface area contributed by atoms with Gasteiger partial charge in [0, 0.05) is 18.8 Å². The molecule has 2 heterocycles. The zero-order chi connectivity index (χ0) is 12.3. The van der Waals surface area contributed by atoms with Crippen molar-refractivity contribution in [2.24, 2.45) is 0 Å². The second-order valence-corrected chi connectivity index (χ2v) is 4.64. The van der Waals surface area contributed by atoms with Crippen molar-refractivity contribution in [3.05, 3.63) is 34.5 Å². The molecule has 0 unspecified atom stereocenters. The lowest BCUT2D eigenvalue weighted by molar-refractivity contribution is 0.636. The second kappa shape index (κ2) is 5.27. The fourth-order valence-electron chi connectivity index (χ4n) is 1.51. The third kappa shape index (κ3) is 3.52. The van der Waals surface area contributed by atoms with Gasteiger partial charge in [0.15, 0.2) is 0 Å². The molecule has 0 saturated heterocycles. The molecule has 0 aromatic carbocycles. The zero-order valence-electron chi connectivity index (χ0n) is 9.81. The van der Waals surface area contributed by atoms with Crippen LogP contribution in [0.1, 0.15) is 11.4 Å². The van der Waals surface area contributed by atoms with Crippen LogP contribution >= 0.6 is 15.9 Å². The maximum absolute atomic E-state index is 4.29. The Morgan fingerprint density at radius 2 is 2.18 bits per heavy atom. The van der Waals surface area contributed by atoms with Gasteiger partial charge in [-0.3, -0.25) is 4.68 Å². The maximum atomic E-state index is 4.29. The van der Waals surface area contributed by atoms with E-state index in [2.05, 4.69) is 36.3 Å². The summed E-state index contributed by atoms with van der Waals surface area (Å²) in [6, 6.07) is 1.86. The Morgan fingerprint density at radius 1 is 1.35 bits per heavy atom. The Hall–Kier alpha value is -1.43. The fraction of sp³-hybridized carbons (Fsp3) is 0.364. The summed E-state index contributed by atoms with van der Waals surface area (Å²) in [6.07, 6.45) is 3.87. The molecule has 17 heavy (non-hydrogen) atoms. The molecule has 0 amide bonds. The normalized spacial score (nSPS) is 10.5. The molecule has 0 aliphatic rings. The van der Waals surface area contributed by atoms with E-state index in [1.165, 1.54) is 5.56 Å². The van der Waals surface area contributed by atoms with E-state index < -0.39 is 0 Å². The number of anilines is 1. The molecule has 1 N–H and O–H groups in total.